The van der Waals surface area contributed by atoms with E-state index in [9.17, 15) is 19.7 Å². The number of aryl methyl sites for hydroxylation is 1. The molecule has 1 atom stereocenters. The van der Waals surface area contributed by atoms with Crippen molar-refractivity contribution < 1.29 is 23.7 Å². The van der Waals surface area contributed by atoms with E-state index in [2.05, 4.69) is 15.2 Å². The molecule has 150 valence electrons. The maximum Gasteiger partial charge on any atom is 0.355 e. The van der Waals surface area contributed by atoms with Gasteiger partial charge in [0.2, 0.25) is 5.89 Å². The Morgan fingerprint density at radius 2 is 1.86 bits per heavy atom. The number of hydrogen-bond acceptors (Lipinski definition) is 8. The molecule has 0 saturated heterocycles. The zero-order valence-electron chi connectivity index (χ0n) is 16.2. The Labute approximate surface area is 165 Å². The summed E-state index contributed by atoms with van der Waals surface area (Å²) >= 11 is 0. The summed E-state index contributed by atoms with van der Waals surface area (Å²) < 4.78 is 10.9. The molecule has 0 bridgehead atoms. The second-order valence-corrected chi connectivity index (χ2v) is 6.48. The van der Waals surface area contributed by atoms with Gasteiger partial charge in [0.25, 0.3) is 11.6 Å². The Hall–Kier alpha value is -3.82. The van der Waals surface area contributed by atoms with Gasteiger partial charge in [0.15, 0.2) is 11.9 Å². The lowest BCUT2D eigenvalue weighted by Crippen LogP contribution is -2.11. The van der Waals surface area contributed by atoms with Crippen LogP contribution in [0.3, 0.4) is 0 Å². The summed E-state index contributed by atoms with van der Waals surface area (Å²) in [5, 5.41) is 18.5. The summed E-state index contributed by atoms with van der Waals surface area (Å²) in [5.41, 5.74) is 2.20. The van der Waals surface area contributed by atoms with E-state index in [1.54, 1.807) is 20.8 Å². The molecule has 0 aliphatic carbocycles. The number of nitrogens with one attached hydrogen (secondary N) is 1. The first kappa shape index (κ1) is 19.9. The lowest BCUT2D eigenvalue weighted by atomic mass is 10.1. The van der Waals surface area contributed by atoms with Crippen molar-refractivity contribution in [2.24, 2.45) is 0 Å². The van der Waals surface area contributed by atoms with Crippen LogP contribution >= 0.6 is 0 Å². The number of non-ortho nitro benzene ring substituents is 1. The molecule has 0 amide bonds. The van der Waals surface area contributed by atoms with Gasteiger partial charge in [-0.2, -0.15) is 0 Å². The van der Waals surface area contributed by atoms with Gasteiger partial charge in [0.1, 0.15) is 5.69 Å². The number of benzene rings is 1. The van der Waals surface area contributed by atoms with Crippen LogP contribution in [0.25, 0.3) is 11.5 Å². The molecule has 1 aromatic carbocycles. The molecule has 3 rings (SSSR count). The van der Waals surface area contributed by atoms with E-state index < -0.39 is 17.0 Å². The summed E-state index contributed by atoms with van der Waals surface area (Å²) in [5.74, 6) is -0.586. The Morgan fingerprint density at radius 3 is 2.41 bits per heavy atom. The molecule has 0 aliphatic rings. The van der Waals surface area contributed by atoms with Gasteiger partial charge < -0.3 is 14.1 Å². The molecule has 1 N–H and O–H groups in total. The zero-order chi connectivity index (χ0) is 21.3. The maximum atomic E-state index is 12.5. The number of nitro groups is 1. The third-order valence-electron chi connectivity index (χ3n) is 4.39. The minimum atomic E-state index is -0.842. The highest BCUT2D eigenvalue weighted by atomic mass is 16.6. The van der Waals surface area contributed by atoms with Crippen molar-refractivity contribution in [2.75, 3.05) is 0 Å². The number of aromatic amines is 1. The second-order valence-electron chi connectivity index (χ2n) is 6.48. The molecule has 0 unspecified atom stereocenters. The van der Waals surface area contributed by atoms with E-state index in [1.165, 1.54) is 31.2 Å². The van der Waals surface area contributed by atoms with Crippen LogP contribution in [0.4, 0.5) is 5.69 Å². The average molecular weight is 398 g/mol. The first-order valence-electron chi connectivity index (χ1n) is 8.68. The molecule has 0 radical (unpaired) electrons. The number of ether oxygens (including phenoxy) is 1. The molecule has 0 saturated carbocycles. The second kappa shape index (κ2) is 7.66. The Bertz CT molecular complexity index is 1100. The molecule has 10 heteroatoms. The quantitative estimate of drug-likeness (QED) is 0.287. The molecule has 10 nitrogen and oxygen atoms in total. The molecule has 2 aromatic heterocycles. The number of carbonyl (C=O) groups excluding carboxylic acids is 2. The number of H-pyrrole nitrogens is 1. The third kappa shape index (κ3) is 3.91. The van der Waals surface area contributed by atoms with E-state index in [4.69, 9.17) is 9.15 Å². The summed E-state index contributed by atoms with van der Waals surface area (Å²) in [4.78, 5) is 37.3. The SMILES string of the molecule is CC(=O)c1c(C)[nH]c(C(=O)O[C@@H](C)c2nnc(-c3ccc([N+](=O)[O-])cc3)o2)c1C. The first-order chi connectivity index (χ1) is 13.7. The van der Waals surface area contributed by atoms with Crippen LogP contribution < -0.4 is 0 Å². The molecular formula is C19H18N4O6. The van der Waals surface area contributed by atoms with Crippen LogP contribution in [0.15, 0.2) is 28.7 Å². The van der Waals surface area contributed by atoms with Gasteiger partial charge in [-0.3, -0.25) is 14.9 Å². The molecule has 0 fully saturated rings. The lowest BCUT2D eigenvalue weighted by Gasteiger charge is -2.09. The van der Waals surface area contributed by atoms with Gasteiger partial charge in [0.05, 0.1) is 4.92 Å². The van der Waals surface area contributed by atoms with Crippen molar-refractivity contribution in [1.82, 2.24) is 15.2 Å². The fraction of sp³-hybridized carbons (Fsp3) is 0.263. The summed E-state index contributed by atoms with van der Waals surface area (Å²) in [6.07, 6.45) is -0.842. The van der Waals surface area contributed by atoms with Crippen LogP contribution in [0.2, 0.25) is 0 Å². The summed E-state index contributed by atoms with van der Waals surface area (Å²) in [7, 11) is 0. The predicted molar refractivity (Wildman–Crippen MR) is 100 cm³/mol. The Morgan fingerprint density at radius 1 is 1.21 bits per heavy atom. The number of esters is 1. The number of carbonyl (C=O) groups is 2. The highest BCUT2D eigenvalue weighted by molar-refractivity contribution is 6.01. The van der Waals surface area contributed by atoms with Gasteiger partial charge in [-0.05, 0) is 45.4 Å². The van der Waals surface area contributed by atoms with Gasteiger partial charge in [0, 0.05) is 29.0 Å². The third-order valence-corrected chi connectivity index (χ3v) is 4.39. The smallest absolute Gasteiger partial charge is 0.355 e. The van der Waals surface area contributed by atoms with Crippen molar-refractivity contribution in [3.05, 3.63) is 62.8 Å². The maximum absolute atomic E-state index is 12.5. The number of ketones is 1. The zero-order valence-corrected chi connectivity index (χ0v) is 16.2. The van der Waals surface area contributed by atoms with Crippen molar-refractivity contribution in [1.29, 1.82) is 0 Å². The topological polar surface area (TPSA) is 141 Å². The number of nitro benzene ring substituents is 1. The summed E-state index contributed by atoms with van der Waals surface area (Å²) in [6.45, 7) is 6.38. The van der Waals surface area contributed by atoms with Crippen LogP contribution in [0, 0.1) is 24.0 Å². The average Bonchev–Trinajstić information content (AvgIpc) is 3.26. The number of aromatic nitrogens is 3. The molecule has 0 spiro atoms. The molecule has 3 aromatic rings. The first-order valence-corrected chi connectivity index (χ1v) is 8.68. The largest absolute Gasteiger partial charge is 0.448 e. The van der Waals surface area contributed by atoms with Gasteiger partial charge in [-0.1, -0.05) is 0 Å². The molecule has 2 heterocycles. The van der Waals surface area contributed by atoms with Crippen molar-refractivity contribution in [3.8, 4) is 11.5 Å². The monoisotopic (exact) mass is 398 g/mol. The van der Waals surface area contributed by atoms with E-state index in [1.807, 2.05) is 0 Å². The molecule has 29 heavy (non-hydrogen) atoms. The number of hydrogen-bond donors (Lipinski definition) is 1. The number of nitrogens with zero attached hydrogens (tertiary/aromatic N) is 3. The van der Waals surface area contributed by atoms with Gasteiger partial charge >= 0.3 is 5.97 Å². The van der Waals surface area contributed by atoms with Crippen LogP contribution in [-0.2, 0) is 4.74 Å². The van der Waals surface area contributed by atoms with E-state index in [-0.39, 0.29) is 28.9 Å². The lowest BCUT2D eigenvalue weighted by molar-refractivity contribution is -0.384. The Kier molecular flexibility index (Phi) is 5.26. The van der Waals surface area contributed by atoms with E-state index in [0.29, 0.717) is 22.4 Å². The number of rotatable bonds is 6. The fourth-order valence-corrected chi connectivity index (χ4v) is 2.99. The predicted octanol–water partition coefficient (Wildman–Crippen LogP) is 3.71. The summed E-state index contributed by atoms with van der Waals surface area (Å²) in [6, 6.07) is 5.62. The highest BCUT2D eigenvalue weighted by Gasteiger charge is 2.25. The van der Waals surface area contributed by atoms with Crippen LogP contribution in [0.5, 0.6) is 0 Å². The van der Waals surface area contributed by atoms with Gasteiger partial charge in [-0.15, -0.1) is 10.2 Å². The van der Waals surface area contributed by atoms with Crippen molar-refractivity contribution in [3.63, 3.8) is 0 Å². The van der Waals surface area contributed by atoms with Crippen LogP contribution in [0.1, 0.15) is 57.9 Å². The van der Waals surface area contributed by atoms with Crippen molar-refractivity contribution in [2.45, 2.75) is 33.8 Å². The van der Waals surface area contributed by atoms with E-state index >= 15 is 0 Å². The molecule has 0 aliphatic heterocycles. The fourth-order valence-electron chi connectivity index (χ4n) is 2.99. The number of Topliss-reactive ketones (excluding diaryl/α,β-unsaturated/α-hetero) is 1. The standard InChI is InChI=1S/C19H18N4O6/c1-9-15(11(3)24)10(2)20-16(9)19(25)28-12(4)17-21-22-18(29-17)13-5-7-14(8-6-13)23(26)27/h5-8,12,20H,1-4H3/t12-/m0/s1. The van der Waals surface area contributed by atoms with Crippen LogP contribution in [-0.4, -0.2) is 31.9 Å². The van der Waals surface area contributed by atoms with Gasteiger partial charge in [-0.25, -0.2) is 4.79 Å². The normalized spacial score (nSPS) is 11.9. The Balaban J connectivity index is 1.76. The minimum absolute atomic E-state index is 0.0580. The van der Waals surface area contributed by atoms with E-state index in [0.717, 1.165) is 0 Å². The van der Waals surface area contributed by atoms with Crippen molar-refractivity contribution >= 4 is 17.4 Å². The molecular weight excluding hydrogens is 380 g/mol. The minimum Gasteiger partial charge on any atom is -0.448 e. The highest BCUT2D eigenvalue weighted by Crippen LogP contribution is 2.26.